The van der Waals surface area contributed by atoms with Crippen LogP contribution in [0.15, 0.2) is 0 Å². The second kappa shape index (κ2) is 6.53. The Kier molecular flexibility index (Phi) is 5.01. The Hall–Kier alpha value is -0.610. The average Bonchev–Trinajstić information content (AvgIpc) is 3.00. The molecule has 3 N–H and O–H groups in total. The van der Waals surface area contributed by atoms with E-state index in [2.05, 4.69) is 17.3 Å². The molecule has 0 radical (unpaired) electrons. The first-order chi connectivity index (χ1) is 8.65. The minimum absolute atomic E-state index is 0.136. The number of hydrogen-bond donors (Lipinski definition) is 2. The van der Waals surface area contributed by atoms with Crippen LogP contribution >= 0.6 is 0 Å². The van der Waals surface area contributed by atoms with Gasteiger partial charge in [0.15, 0.2) is 0 Å². The highest BCUT2D eigenvalue weighted by Crippen LogP contribution is 2.25. The first kappa shape index (κ1) is 13.8. The van der Waals surface area contributed by atoms with E-state index in [-0.39, 0.29) is 11.9 Å². The lowest BCUT2D eigenvalue weighted by Gasteiger charge is -2.23. The molecule has 2 aliphatic rings. The number of nitrogens with zero attached hydrogens (tertiary/aromatic N) is 1. The van der Waals surface area contributed by atoms with E-state index >= 15 is 0 Å². The molecule has 0 saturated heterocycles. The minimum Gasteiger partial charge on any atom is -0.368 e. The smallest absolute Gasteiger partial charge is 0.234 e. The van der Waals surface area contributed by atoms with Crippen molar-refractivity contribution >= 4 is 5.91 Å². The molecule has 2 fully saturated rings. The Balaban J connectivity index is 1.65. The van der Waals surface area contributed by atoms with E-state index in [9.17, 15) is 4.79 Å². The Labute approximate surface area is 110 Å². The van der Waals surface area contributed by atoms with Crippen molar-refractivity contribution in [3.8, 4) is 0 Å². The molecular formula is C14H27N3O. The van der Waals surface area contributed by atoms with Gasteiger partial charge in [0, 0.05) is 12.6 Å². The number of carbonyl (C=O) groups excluding carboxylic acids is 1. The predicted octanol–water partition coefficient (Wildman–Crippen LogP) is 1.10. The molecule has 2 rings (SSSR count). The molecule has 1 atom stereocenters. The monoisotopic (exact) mass is 253 g/mol. The standard InChI is InChI=1S/C14H27N3O/c1-17(10-11-4-2-3-5-11)9-8-13(14(15)18)16-12-6-7-12/h11-13,16H,2-10H2,1H3,(H2,15,18). The van der Waals surface area contributed by atoms with Crippen molar-refractivity contribution in [1.29, 1.82) is 0 Å². The maximum absolute atomic E-state index is 11.4. The highest BCUT2D eigenvalue weighted by molar-refractivity contribution is 5.79. The second-order valence-corrected chi connectivity index (χ2v) is 6.10. The quantitative estimate of drug-likeness (QED) is 0.681. The molecule has 0 aromatic carbocycles. The molecule has 4 nitrogen and oxygen atoms in total. The highest BCUT2D eigenvalue weighted by Gasteiger charge is 2.27. The zero-order valence-electron chi connectivity index (χ0n) is 11.5. The number of nitrogens with one attached hydrogen (secondary N) is 1. The molecule has 1 amide bonds. The van der Waals surface area contributed by atoms with Crippen molar-refractivity contribution in [1.82, 2.24) is 10.2 Å². The van der Waals surface area contributed by atoms with Crippen LogP contribution in [-0.4, -0.2) is 43.0 Å². The first-order valence-electron chi connectivity index (χ1n) is 7.39. The molecule has 0 aliphatic heterocycles. The Bertz CT molecular complexity index is 272. The van der Waals surface area contributed by atoms with Crippen LogP contribution in [0.25, 0.3) is 0 Å². The van der Waals surface area contributed by atoms with E-state index in [4.69, 9.17) is 5.73 Å². The predicted molar refractivity (Wildman–Crippen MR) is 73.2 cm³/mol. The largest absolute Gasteiger partial charge is 0.368 e. The van der Waals surface area contributed by atoms with Gasteiger partial charge < -0.3 is 16.0 Å². The van der Waals surface area contributed by atoms with Crippen LogP contribution in [-0.2, 0) is 4.79 Å². The zero-order chi connectivity index (χ0) is 13.0. The lowest BCUT2D eigenvalue weighted by Crippen LogP contribution is -2.44. The van der Waals surface area contributed by atoms with Crippen molar-refractivity contribution in [3.05, 3.63) is 0 Å². The molecule has 104 valence electrons. The van der Waals surface area contributed by atoms with E-state index in [0.29, 0.717) is 6.04 Å². The number of rotatable bonds is 8. The third-order valence-electron chi connectivity index (χ3n) is 4.20. The summed E-state index contributed by atoms with van der Waals surface area (Å²) in [5, 5.41) is 3.34. The topological polar surface area (TPSA) is 58.4 Å². The Morgan fingerprint density at radius 2 is 2.00 bits per heavy atom. The molecule has 2 aliphatic carbocycles. The van der Waals surface area contributed by atoms with Gasteiger partial charge in [0.05, 0.1) is 6.04 Å². The summed E-state index contributed by atoms with van der Waals surface area (Å²) in [6, 6.07) is 0.408. The van der Waals surface area contributed by atoms with Crippen LogP contribution < -0.4 is 11.1 Å². The van der Waals surface area contributed by atoms with Crippen LogP contribution in [0.1, 0.15) is 44.9 Å². The number of nitrogens with two attached hydrogens (primary N) is 1. The molecule has 18 heavy (non-hydrogen) atoms. The second-order valence-electron chi connectivity index (χ2n) is 6.10. The van der Waals surface area contributed by atoms with Crippen LogP contribution in [0.3, 0.4) is 0 Å². The lowest BCUT2D eigenvalue weighted by atomic mass is 10.1. The molecule has 4 heteroatoms. The van der Waals surface area contributed by atoms with Crippen molar-refractivity contribution in [2.75, 3.05) is 20.1 Å². The fraction of sp³-hybridized carbons (Fsp3) is 0.929. The fourth-order valence-electron chi connectivity index (χ4n) is 2.92. The van der Waals surface area contributed by atoms with Crippen molar-refractivity contribution in [3.63, 3.8) is 0 Å². The van der Waals surface area contributed by atoms with Gasteiger partial charge in [0.25, 0.3) is 0 Å². The maximum Gasteiger partial charge on any atom is 0.234 e. The van der Waals surface area contributed by atoms with Gasteiger partial charge in [-0.15, -0.1) is 0 Å². The van der Waals surface area contributed by atoms with Crippen molar-refractivity contribution < 1.29 is 4.79 Å². The van der Waals surface area contributed by atoms with Crippen LogP contribution in [0.5, 0.6) is 0 Å². The molecule has 0 heterocycles. The first-order valence-corrected chi connectivity index (χ1v) is 7.39. The third-order valence-corrected chi connectivity index (χ3v) is 4.20. The van der Waals surface area contributed by atoms with Crippen LogP contribution in [0.2, 0.25) is 0 Å². The van der Waals surface area contributed by atoms with Crippen molar-refractivity contribution in [2.24, 2.45) is 11.7 Å². The summed E-state index contributed by atoms with van der Waals surface area (Å²) in [7, 11) is 2.16. The Morgan fingerprint density at radius 3 is 2.56 bits per heavy atom. The van der Waals surface area contributed by atoms with Crippen molar-refractivity contribution in [2.45, 2.75) is 57.0 Å². The molecule has 1 unspecified atom stereocenters. The molecule has 0 aromatic heterocycles. The summed E-state index contributed by atoms with van der Waals surface area (Å²) in [5.41, 5.74) is 5.44. The Morgan fingerprint density at radius 1 is 1.33 bits per heavy atom. The van der Waals surface area contributed by atoms with Gasteiger partial charge in [-0.3, -0.25) is 4.79 Å². The summed E-state index contributed by atoms with van der Waals surface area (Å²) < 4.78 is 0. The molecular weight excluding hydrogens is 226 g/mol. The van der Waals surface area contributed by atoms with Gasteiger partial charge >= 0.3 is 0 Å². The van der Waals surface area contributed by atoms with E-state index in [1.807, 2.05) is 0 Å². The summed E-state index contributed by atoms with van der Waals surface area (Å²) in [6.07, 6.45) is 8.78. The molecule has 0 aromatic rings. The van der Waals surface area contributed by atoms with E-state index < -0.39 is 0 Å². The van der Waals surface area contributed by atoms with Gasteiger partial charge in [-0.1, -0.05) is 12.8 Å². The average molecular weight is 253 g/mol. The molecule has 0 spiro atoms. The minimum atomic E-state index is -0.198. The fourth-order valence-corrected chi connectivity index (χ4v) is 2.92. The number of hydrogen-bond acceptors (Lipinski definition) is 3. The van der Waals surface area contributed by atoms with Gasteiger partial charge in [-0.25, -0.2) is 0 Å². The summed E-state index contributed by atoms with van der Waals surface area (Å²) in [5.74, 6) is 0.676. The van der Waals surface area contributed by atoms with Crippen LogP contribution in [0, 0.1) is 5.92 Å². The number of primary amides is 1. The van der Waals surface area contributed by atoms with E-state index in [0.717, 1.165) is 18.9 Å². The highest BCUT2D eigenvalue weighted by atomic mass is 16.1. The number of amides is 1. The maximum atomic E-state index is 11.4. The summed E-state index contributed by atoms with van der Waals surface area (Å²) in [6.45, 7) is 2.14. The van der Waals surface area contributed by atoms with E-state index in [1.165, 1.54) is 45.1 Å². The van der Waals surface area contributed by atoms with Gasteiger partial charge in [-0.2, -0.15) is 0 Å². The molecule has 0 bridgehead atoms. The van der Waals surface area contributed by atoms with Crippen LogP contribution in [0.4, 0.5) is 0 Å². The zero-order valence-corrected chi connectivity index (χ0v) is 11.5. The molecule has 2 saturated carbocycles. The lowest BCUT2D eigenvalue weighted by molar-refractivity contribution is -0.120. The SMILES string of the molecule is CN(CCC(NC1CC1)C(N)=O)CC1CCCC1. The van der Waals surface area contributed by atoms with Gasteiger partial charge in [0.1, 0.15) is 0 Å². The number of carbonyl (C=O) groups is 1. The third kappa shape index (κ3) is 4.58. The van der Waals surface area contributed by atoms with Gasteiger partial charge in [0.2, 0.25) is 5.91 Å². The van der Waals surface area contributed by atoms with E-state index in [1.54, 1.807) is 0 Å². The van der Waals surface area contributed by atoms with Gasteiger partial charge in [-0.05, 0) is 51.6 Å². The summed E-state index contributed by atoms with van der Waals surface area (Å²) >= 11 is 0. The summed E-state index contributed by atoms with van der Waals surface area (Å²) in [4.78, 5) is 13.7. The normalized spacial score (nSPS) is 22.6.